The molecule has 3 aromatic rings. The number of aromatic nitrogens is 1. The van der Waals surface area contributed by atoms with Crippen molar-refractivity contribution in [1.29, 1.82) is 0 Å². The molecule has 1 aromatic heterocycles. The first-order valence-corrected chi connectivity index (χ1v) is 7.07. The molecule has 5 heteroatoms. The normalized spacial score (nSPS) is 11.2. The van der Waals surface area contributed by atoms with Crippen LogP contribution in [0.2, 0.25) is 1.41 Å². The molecule has 0 aliphatic carbocycles. The highest BCUT2D eigenvalue weighted by Crippen LogP contribution is 2.26. The lowest BCUT2D eigenvalue weighted by Crippen LogP contribution is -1.87. The van der Waals surface area contributed by atoms with E-state index in [0.29, 0.717) is 5.69 Å². The summed E-state index contributed by atoms with van der Waals surface area (Å²) >= 11 is 3.39. The van der Waals surface area contributed by atoms with Gasteiger partial charge >= 0.3 is 0 Å². The first-order valence-electron chi connectivity index (χ1n) is 6.73. The van der Waals surface area contributed by atoms with Crippen molar-refractivity contribution >= 4 is 21.6 Å². The maximum absolute atomic E-state index is 10.7. The van der Waals surface area contributed by atoms with Crippen LogP contribution in [-0.2, 0) is 0 Å². The molecule has 104 valence electrons. The van der Waals surface area contributed by atoms with Crippen LogP contribution >= 0.6 is 15.9 Å². The third-order valence-corrected chi connectivity index (χ3v) is 3.68. The minimum Gasteiger partial charge on any atom is -0.355 e. The lowest BCUT2D eigenvalue weighted by Gasteiger charge is -2.00. The summed E-state index contributed by atoms with van der Waals surface area (Å²) in [7, 11) is 0. The standard InChI is InChI=1S/C16H11BrN2O2/c17-13-5-1-11(2-6-13)15-9-10-16(18-15)12-3-7-14(8-4-12)19(20)21/h1-10,18H/i/hD. The summed E-state index contributed by atoms with van der Waals surface area (Å²) in [6.45, 7) is 0. The van der Waals surface area contributed by atoms with Gasteiger partial charge in [-0.15, -0.1) is 0 Å². The van der Waals surface area contributed by atoms with Gasteiger partial charge in [0.25, 0.3) is 5.69 Å². The van der Waals surface area contributed by atoms with Gasteiger partial charge in [-0.3, -0.25) is 10.1 Å². The largest absolute Gasteiger partial charge is 0.355 e. The predicted molar refractivity (Wildman–Crippen MR) is 86.0 cm³/mol. The number of nitro groups is 1. The quantitative estimate of drug-likeness (QED) is 0.536. The first-order chi connectivity index (χ1) is 10.6. The van der Waals surface area contributed by atoms with Crippen LogP contribution in [0.5, 0.6) is 0 Å². The van der Waals surface area contributed by atoms with Crippen molar-refractivity contribution in [1.82, 2.24) is 4.98 Å². The van der Waals surface area contributed by atoms with Gasteiger partial charge in [0.05, 0.1) is 4.92 Å². The Kier molecular flexibility index (Phi) is 3.26. The van der Waals surface area contributed by atoms with Crippen LogP contribution in [0, 0.1) is 10.1 Å². The van der Waals surface area contributed by atoms with Crippen molar-refractivity contribution < 1.29 is 6.34 Å². The third kappa shape index (κ3) is 2.87. The van der Waals surface area contributed by atoms with Gasteiger partial charge in [0, 0.05) is 28.0 Å². The van der Waals surface area contributed by atoms with Gasteiger partial charge in [-0.05, 0) is 47.5 Å². The summed E-state index contributed by atoms with van der Waals surface area (Å²) in [4.78, 5) is 11.6. The van der Waals surface area contributed by atoms with Crippen molar-refractivity contribution in [3.8, 4) is 22.5 Å². The first kappa shape index (κ1) is 12.3. The zero-order chi connectivity index (χ0) is 15.7. The molecule has 0 aliphatic rings. The molecule has 0 fully saturated rings. The van der Waals surface area contributed by atoms with Crippen molar-refractivity contribution in [3.05, 3.63) is 75.3 Å². The van der Waals surface area contributed by atoms with Gasteiger partial charge in [-0.1, -0.05) is 28.1 Å². The number of aromatic amines is 1. The SMILES string of the molecule is [2H]n1c(-c2ccc(Br)cc2)ccc1-c1ccc([N+](=O)[O-])cc1. The Hall–Kier alpha value is -2.40. The van der Waals surface area contributed by atoms with Crippen LogP contribution in [0.3, 0.4) is 0 Å². The van der Waals surface area contributed by atoms with Gasteiger partial charge in [0.15, 0.2) is 1.41 Å². The Balaban J connectivity index is 1.99. The number of benzene rings is 2. The Morgan fingerprint density at radius 3 is 1.86 bits per heavy atom. The van der Waals surface area contributed by atoms with Gasteiger partial charge in [0.2, 0.25) is 0 Å². The van der Waals surface area contributed by atoms with Crippen LogP contribution in [-0.4, -0.2) is 9.90 Å². The smallest absolute Gasteiger partial charge is 0.269 e. The molecule has 1 N–H and O–H groups in total. The average Bonchev–Trinajstić information content (AvgIpc) is 2.90. The van der Waals surface area contributed by atoms with Crippen LogP contribution in [0.4, 0.5) is 5.69 Å². The summed E-state index contributed by atoms with van der Waals surface area (Å²) in [5.74, 6) is 0. The van der Waals surface area contributed by atoms with E-state index < -0.39 is 4.92 Å². The number of H-pyrrole nitrogens is 1. The van der Waals surface area contributed by atoms with E-state index in [0.717, 1.165) is 21.3 Å². The molecule has 0 spiro atoms. The molecule has 4 nitrogen and oxygen atoms in total. The van der Waals surface area contributed by atoms with E-state index in [-0.39, 0.29) is 5.69 Å². The lowest BCUT2D eigenvalue weighted by molar-refractivity contribution is -0.384. The van der Waals surface area contributed by atoms with Crippen molar-refractivity contribution in [2.24, 2.45) is 0 Å². The van der Waals surface area contributed by atoms with E-state index in [1.807, 2.05) is 36.4 Å². The van der Waals surface area contributed by atoms with Gasteiger partial charge in [-0.2, -0.15) is 0 Å². The number of hydrogen-bond donors (Lipinski definition) is 1. The van der Waals surface area contributed by atoms with E-state index in [9.17, 15) is 10.1 Å². The van der Waals surface area contributed by atoms with E-state index >= 15 is 0 Å². The zero-order valence-electron chi connectivity index (χ0n) is 11.9. The summed E-state index contributed by atoms with van der Waals surface area (Å²) in [6, 6.07) is 17.6. The molecule has 0 radical (unpaired) electrons. The van der Waals surface area contributed by atoms with Crippen LogP contribution in [0.15, 0.2) is 65.1 Å². The molecule has 2 aromatic carbocycles. The fraction of sp³-hybridized carbons (Fsp3) is 0. The summed E-state index contributed by atoms with van der Waals surface area (Å²) in [5.41, 5.74) is 3.20. The molecule has 0 aliphatic heterocycles. The lowest BCUT2D eigenvalue weighted by atomic mass is 10.1. The molecule has 1 heterocycles. The van der Waals surface area contributed by atoms with Gasteiger partial charge in [-0.25, -0.2) is 0 Å². The number of nitro benzene ring substituents is 1. The Morgan fingerprint density at radius 2 is 1.38 bits per heavy atom. The fourth-order valence-electron chi connectivity index (χ4n) is 2.06. The number of rotatable bonds is 3. The highest BCUT2D eigenvalue weighted by molar-refractivity contribution is 9.10. The molecule has 0 saturated carbocycles. The van der Waals surface area contributed by atoms with E-state index in [1.165, 1.54) is 17.1 Å². The molecular weight excluding hydrogens is 332 g/mol. The predicted octanol–water partition coefficient (Wildman–Crippen LogP) is 5.02. The number of nitrogens with zero attached hydrogens (tertiary/aromatic N) is 1. The highest BCUT2D eigenvalue weighted by Gasteiger charge is 2.07. The van der Waals surface area contributed by atoms with Crippen LogP contribution in [0.1, 0.15) is 0 Å². The van der Waals surface area contributed by atoms with Gasteiger partial charge in [0.1, 0.15) is 0 Å². The second kappa shape index (κ2) is 5.54. The maximum atomic E-state index is 10.7. The average molecular weight is 344 g/mol. The second-order valence-corrected chi connectivity index (χ2v) is 5.44. The third-order valence-electron chi connectivity index (χ3n) is 3.15. The van der Waals surface area contributed by atoms with E-state index in [4.69, 9.17) is 1.41 Å². The molecule has 0 amide bonds. The molecule has 0 unspecified atom stereocenters. The van der Waals surface area contributed by atoms with Gasteiger partial charge < -0.3 is 4.98 Å². The number of nitrogens with one attached hydrogen (secondary N) is 1. The minimum atomic E-state index is -0.434. The minimum absolute atomic E-state index is 0.0416. The van der Waals surface area contributed by atoms with E-state index in [1.54, 1.807) is 12.1 Å². The zero-order valence-corrected chi connectivity index (χ0v) is 12.4. The van der Waals surface area contributed by atoms with Crippen LogP contribution in [0.25, 0.3) is 22.5 Å². The van der Waals surface area contributed by atoms with Crippen molar-refractivity contribution in [2.45, 2.75) is 0 Å². The molecule has 21 heavy (non-hydrogen) atoms. The highest BCUT2D eigenvalue weighted by atomic mass is 79.9. The van der Waals surface area contributed by atoms with Crippen molar-refractivity contribution in [3.63, 3.8) is 0 Å². The summed E-state index contributed by atoms with van der Waals surface area (Å²) < 4.78 is 9.25. The summed E-state index contributed by atoms with van der Waals surface area (Å²) in [5, 5.41) is 10.7. The Bertz CT molecular complexity index is 826. The molecule has 0 saturated heterocycles. The second-order valence-electron chi connectivity index (χ2n) is 4.53. The monoisotopic (exact) mass is 343 g/mol. The van der Waals surface area contributed by atoms with Crippen molar-refractivity contribution in [2.75, 3.05) is 0 Å². The van der Waals surface area contributed by atoms with Crippen LogP contribution < -0.4 is 0 Å². The molecule has 0 atom stereocenters. The summed E-state index contributed by atoms with van der Waals surface area (Å²) in [6.07, 6.45) is 0. The number of halogens is 1. The number of non-ortho nitro benzene ring substituents is 1. The molecule has 3 rings (SSSR count). The fourth-order valence-corrected chi connectivity index (χ4v) is 2.32. The van der Waals surface area contributed by atoms with E-state index in [2.05, 4.69) is 15.9 Å². The number of hydrogen-bond acceptors (Lipinski definition) is 2. The molecular formula is C16H11BrN2O2. The Labute approximate surface area is 131 Å². The topological polar surface area (TPSA) is 58.9 Å². The molecule has 0 bridgehead atoms. The maximum Gasteiger partial charge on any atom is 0.269 e. The Morgan fingerprint density at radius 1 is 0.905 bits per heavy atom.